The molecule has 13 heavy (non-hydrogen) atoms. The fourth-order valence-corrected chi connectivity index (χ4v) is 1.85. The van der Waals surface area contributed by atoms with Crippen LogP contribution in [0.25, 0.3) is 0 Å². The van der Waals surface area contributed by atoms with Crippen molar-refractivity contribution < 1.29 is 4.74 Å². The molecule has 1 nitrogen and oxygen atoms in total. The molecule has 1 heteroatoms. The first-order valence-electron chi connectivity index (χ1n) is 5.11. The summed E-state index contributed by atoms with van der Waals surface area (Å²) in [4.78, 5) is 0. The molecule has 0 aliphatic carbocycles. The van der Waals surface area contributed by atoms with Crippen LogP contribution < -0.4 is 0 Å². The lowest BCUT2D eigenvalue weighted by atomic mass is 10.0. The van der Waals surface area contributed by atoms with Crippen molar-refractivity contribution in [3.63, 3.8) is 0 Å². The minimum Gasteiger partial charge on any atom is -0.381 e. The van der Waals surface area contributed by atoms with Gasteiger partial charge in [-0.05, 0) is 36.8 Å². The maximum atomic E-state index is 5.51. The van der Waals surface area contributed by atoms with Gasteiger partial charge in [0, 0.05) is 6.61 Å². The average molecular weight is 176 g/mol. The van der Waals surface area contributed by atoms with E-state index in [0.717, 1.165) is 19.6 Å². The van der Waals surface area contributed by atoms with Crippen LogP contribution in [0, 0.1) is 0 Å². The van der Waals surface area contributed by atoms with E-state index in [0.29, 0.717) is 0 Å². The van der Waals surface area contributed by atoms with Gasteiger partial charge in [-0.2, -0.15) is 0 Å². The topological polar surface area (TPSA) is 9.23 Å². The summed E-state index contributed by atoms with van der Waals surface area (Å²) in [5.41, 5.74) is 3.00. The summed E-state index contributed by atoms with van der Waals surface area (Å²) in [5.74, 6) is 0. The smallest absolute Gasteiger partial charge is 0.0506 e. The van der Waals surface area contributed by atoms with Gasteiger partial charge in [-0.15, -0.1) is 0 Å². The highest BCUT2D eigenvalue weighted by Gasteiger charge is 2.04. The summed E-state index contributed by atoms with van der Waals surface area (Å²) in [6, 6.07) is 8.74. The van der Waals surface area contributed by atoms with Crippen molar-refractivity contribution in [2.24, 2.45) is 0 Å². The number of ether oxygens (including phenoxy) is 1. The zero-order valence-electron chi connectivity index (χ0n) is 7.96. The van der Waals surface area contributed by atoms with Crippen molar-refractivity contribution in [2.75, 3.05) is 13.2 Å². The standard InChI is InChI=1S/C12H16O/c1-2-6-12-8-10-13-9-4-3-7-11(12)5-1/h1-2,5-6H,3-4,7-10H2. The fraction of sp³-hybridized carbons (Fsp3) is 0.500. The molecule has 1 aliphatic heterocycles. The van der Waals surface area contributed by atoms with Gasteiger partial charge in [0.1, 0.15) is 0 Å². The lowest BCUT2D eigenvalue weighted by molar-refractivity contribution is 0.135. The van der Waals surface area contributed by atoms with Gasteiger partial charge in [0.25, 0.3) is 0 Å². The normalized spacial score (nSPS) is 18.2. The molecule has 0 fully saturated rings. The first kappa shape index (κ1) is 8.76. The minimum atomic E-state index is 0.886. The second-order valence-electron chi connectivity index (χ2n) is 3.59. The highest BCUT2D eigenvalue weighted by atomic mass is 16.5. The summed E-state index contributed by atoms with van der Waals surface area (Å²) >= 11 is 0. The summed E-state index contributed by atoms with van der Waals surface area (Å²) in [6.45, 7) is 1.82. The predicted molar refractivity (Wildman–Crippen MR) is 53.9 cm³/mol. The number of benzene rings is 1. The van der Waals surface area contributed by atoms with E-state index in [1.54, 1.807) is 0 Å². The van der Waals surface area contributed by atoms with E-state index >= 15 is 0 Å². The average Bonchev–Trinajstić information content (AvgIpc) is 2.28. The number of hydrogen-bond acceptors (Lipinski definition) is 1. The molecule has 0 bridgehead atoms. The van der Waals surface area contributed by atoms with Gasteiger partial charge < -0.3 is 4.74 Å². The summed E-state index contributed by atoms with van der Waals surface area (Å²) in [7, 11) is 0. The first-order chi connectivity index (χ1) is 6.47. The molecule has 0 N–H and O–H groups in total. The van der Waals surface area contributed by atoms with Gasteiger partial charge >= 0.3 is 0 Å². The second kappa shape index (κ2) is 4.43. The Hall–Kier alpha value is -0.820. The van der Waals surface area contributed by atoms with E-state index in [1.165, 1.54) is 30.4 Å². The summed E-state index contributed by atoms with van der Waals surface area (Å²) < 4.78 is 5.51. The maximum Gasteiger partial charge on any atom is 0.0506 e. The monoisotopic (exact) mass is 176 g/mol. The van der Waals surface area contributed by atoms with Gasteiger partial charge in [-0.25, -0.2) is 0 Å². The van der Waals surface area contributed by atoms with E-state index < -0.39 is 0 Å². The summed E-state index contributed by atoms with van der Waals surface area (Å²) in [6.07, 6.45) is 4.76. The predicted octanol–water partition coefficient (Wildman–Crippen LogP) is 2.58. The van der Waals surface area contributed by atoms with Crippen molar-refractivity contribution in [3.8, 4) is 0 Å². The molecule has 1 aromatic carbocycles. The molecule has 2 rings (SSSR count). The Morgan fingerprint density at radius 3 is 2.46 bits per heavy atom. The first-order valence-corrected chi connectivity index (χ1v) is 5.11. The van der Waals surface area contributed by atoms with Crippen LogP contribution >= 0.6 is 0 Å². The fourth-order valence-electron chi connectivity index (χ4n) is 1.85. The zero-order chi connectivity index (χ0) is 8.93. The van der Waals surface area contributed by atoms with Crippen molar-refractivity contribution >= 4 is 0 Å². The van der Waals surface area contributed by atoms with Crippen molar-refractivity contribution in [3.05, 3.63) is 35.4 Å². The van der Waals surface area contributed by atoms with Gasteiger partial charge in [-0.3, -0.25) is 0 Å². The summed E-state index contributed by atoms with van der Waals surface area (Å²) in [5, 5.41) is 0. The molecular weight excluding hydrogens is 160 g/mol. The lowest BCUT2D eigenvalue weighted by Crippen LogP contribution is -1.99. The van der Waals surface area contributed by atoms with Crippen LogP contribution in [0.3, 0.4) is 0 Å². The molecule has 0 saturated heterocycles. The number of rotatable bonds is 0. The molecule has 0 atom stereocenters. The molecule has 1 aromatic rings. The Balaban J connectivity index is 2.17. The molecule has 0 radical (unpaired) electrons. The molecular formula is C12H16O. The van der Waals surface area contributed by atoms with Crippen LogP contribution in [-0.2, 0) is 17.6 Å². The van der Waals surface area contributed by atoms with Crippen molar-refractivity contribution in [1.29, 1.82) is 0 Å². The third-order valence-electron chi connectivity index (χ3n) is 2.62. The largest absolute Gasteiger partial charge is 0.381 e. The van der Waals surface area contributed by atoms with Crippen LogP contribution in [0.4, 0.5) is 0 Å². The Kier molecular flexibility index (Phi) is 2.98. The van der Waals surface area contributed by atoms with Gasteiger partial charge in [0.05, 0.1) is 6.61 Å². The van der Waals surface area contributed by atoms with Crippen LogP contribution in [-0.4, -0.2) is 13.2 Å². The molecule has 0 amide bonds. The molecule has 70 valence electrons. The van der Waals surface area contributed by atoms with E-state index in [9.17, 15) is 0 Å². The minimum absolute atomic E-state index is 0.886. The van der Waals surface area contributed by atoms with E-state index in [-0.39, 0.29) is 0 Å². The van der Waals surface area contributed by atoms with E-state index in [1.807, 2.05) is 0 Å². The lowest BCUT2D eigenvalue weighted by Gasteiger charge is -2.05. The van der Waals surface area contributed by atoms with E-state index in [4.69, 9.17) is 4.74 Å². The molecule has 0 aromatic heterocycles. The maximum absolute atomic E-state index is 5.51. The van der Waals surface area contributed by atoms with Crippen LogP contribution in [0.1, 0.15) is 24.0 Å². The molecule has 0 unspecified atom stereocenters. The third-order valence-corrected chi connectivity index (χ3v) is 2.62. The molecule has 1 aliphatic rings. The molecule has 1 heterocycles. The zero-order valence-corrected chi connectivity index (χ0v) is 7.96. The Morgan fingerprint density at radius 2 is 1.62 bits per heavy atom. The van der Waals surface area contributed by atoms with Gasteiger partial charge in [0.2, 0.25) is 0 Å². The van der Waals surface area contributed by atoms with Crippen molar-refractivity contribution in [1.82, 2.24) is 0 Å². The van der Waals surface area contributed by atoms with E-state index in [2.05, 4.69) is 24.3 Å². The van der Waals surface area contributed by atoms with Gasteiger partial charge in [-0.1, -0.05) is 24.3 Å². The van der Waals surface area contributed by atoms with Crippen LogP contribution in [0.15, 0.2) is 24.3 Å². The Bertz CT molecular complexity index is 241. The van der Waals surface area contributed by atoms with Gasteiger partial charge in [0.15, 0.2) is 0 Å². The van der Waals surface area contributed by atoms with Crippen molar-refractivity contribution in [2.45, 2.75) is 25.7 Å². The highest BCUT2D eigenvalue weighted by molar-refractivity contribution is 5.27. The quantitative estimate of drug-likeness (QED) is 0.590. The number of fused-ring (bicyclic) bond motifs is 1. The second-order valence-corrected chi connectivity index (χ2v) is 3.59. The third kappa shape index (κ3) is 2.31. The number of aryl methyl sites for hydroxylation is 1. The molecule has 0 spiro atoms. The Morgan fingerprint density at radius 1 is 0.846 bits per heavy atom. The van der Waals surface area contributed by atoms with Crippen LogP contribution in [0.5, 0.6) is 0 Å². The Labute approximate surface area is 79.7 Å². The SMILES string of the molecule is c1ccc2c(c1)CCCCOCC2. The highest BCUT2D eigenvalue weighted by Crippen LogP contribution is 2.14. The van der Waals surface area contributed by atoms with Crippen LogP contribution in [0.2, 0.25) is 0 Å². The number of hydrogen-bond donors (Lipinski definition) is 0. The molecule has 0 saturated carbocycles.